The zero-order chi connectivity index (χ0) is 24.9. The second-order valence-corrected chi connectivity index (χ2v) is 9.70. The van der Waals surface area contributed by atoms with E-state index in [0.29, 0.717) is 49.8 Å². The molecule has 5 rings (SSSR count). The number of fused-ring (bicyclic) bond motifs is 1. The molecule has 3 aromatic heterocycles. The largest absolute Gasteiger partial charge is 0.378 e. The Morgan fingerprint density at radius 2 is 1.94 bits per heavy atom. The van der Waals surface area contributed by atoms with Crippen molar-refractivity contribution in [1.82, 2.24) is 34.3 Å². The van der Waals surface area contributed by atoms with Gasteiger partial charge >= 0.3 is 0 Å². The third-order valence-corrected chi connectivity index (χ3v) is 6.75. The molecule has 3 aromatic rings. The van der Waals surface area contributed by atoms with E-state index in [9.17, 15) is 4.79 Å². The molecule has 0 atom stereocenters. The summed E-state index contributed by atoms with van der Waals surface area (Å²) in [5.41, 5.74) is 2.72. The number of nitrogens with zero attached hydrogens (tertiary/aromatic N) is 7. The first-order valence-electron chi connectivity index (χ1n) is 12.8. The van der Waals surface area contributed by atoms with Crippen LogP contribution in [0.2, 0.25) is 0 Å². The van der Waals surface area contributed by atoms with Gasteiger partial charge in [0.15, 0.2) is 17.0 Å². The lowest BCUT2D eigenvalue weighted by Gasteiger charge is -2.26. The summed E-state index contributed by atoms with van der Waals surface area (Å²) in [5.74, 6) is 1.13. The van der Waals surface area contributed by atoms with Gasteiger partial charge < -0.3 is 29.7 Å². The highest BCUT2D eigenvalue weighted by atomic mass is 16.5. The van der Waals surface area contributed by atoms with Crippen LogP contribution < -0.4 is 10.6 Å². The van der Waals surface area contributed by atoms with Crippen LogP contribution in [0.3, 0.4) is 0 Å². The van der Waals surface area contributed by atoms with E-state index in [2.05, 4.69) is 44.2 Å². The first-order valence-corrected chi connectivity index (χ1v) is 12.8. The Bertz CT molecular complexity index is 1170. The van der Waals surface area contributed by atoms with Crippen molar-refractivity contribution < 1.29 is 9.53 Å². The fraction of sp³-hybridized carbons (Fsp3) is 0.560. The minimum Gasteiger partial charge on any atom is -0.378 e. The van der Waals surface area contributed by atoms with E-state index < -0.39 is 0 Å². The predicted octanol–water partition coefficient (Wildman–Crippen LogP) is 2.92. The molecule has 2 aliphatic rings. The molecule has 4 heterocycles. The number of hydrogen-bond donors (Lipinski definition) is 2. The van der Waals surface area contributed by atoms with Gasteiger partial charge in [-0.25, -0.2) is 9.97 Å². The highest BCUT2D eigenvalue weighted by molar-refractivity contribution is 5.93. The van der Waals surface area contributed by atoms with Crippen LogP contribution in [-0.2, 0) is 4.74 Å². The molecule has 2 fully saturated rings. The van der Waals surface area contributed by atoms with Crippen molar-refractivity contribution >= 4 is 34.5 Å². The zero-order valence-electron chi connectivity index (χ0n) is 21.1. The minimum absolute atomic E-state index is 0.0752. The summed E-state index contributed by atoms with van der Waals surface area (Å²) in [5, 5.41) is 6.74. The first kappa shape index (κ1) is 24.4. The summed E-state index contributed by atoms with van der Waals surface area (Å²) < 4.78 is 7.54. The first-order chi connectivity index (χ1) is 17.6. The number of amides is 1. The Morgan fingerprint density at radius 3 is 2.67 bits per heavy atom. The Hall–Kier alpha value is -3.31. The quantitative estimate of drug-likeness (QED) is 0.434. The maximum atomic E-state index is 12.7. The fourth-order valence-electron chi connectivity index (χ4n) is 4.79. The number of carbonyl (C=O) groups excluding carboxylic acids is 1. The van der Waals surface area contributed by atoms with Gasteiger partial charge in [-0.2, -0.15) is 9.97 Å². The van der Waals surface area contributed by atoms with Gasteiger partial charge in [0.05, 0.1) is 31.4 Å². The molecule has 1 saturated carbocycles. The molecule has 1 amide bonds. The molecule has 1 aliphatic carbocycles. The number of nitrogens with one attached hydrogen (secondary N) is 2. The average molecular weight is 494 g/mol. The van der Waals surface area contributed by atoms with Crippen molar-refractivity contribution in [3.63, 3.8) is 0 Å². The van der Waals surface area contributed by atoms with Gasteiger partial charge in [-0.05, 0) is 52.0 Å². The molecule has 0 radical (unpaired) electrons. The van der Waals surface area contributed by atoms with Gasteiger partial charge in [0.1, 0.15) is 5.69 Å². The van der Waals surface area contributed by atoms with E-state index in [4.69, 9.17) is 14.7 Å². The van der Waals surface area contributed by atoms with Crippen molar-refractivity contribution in [2.24, 2.45) is 0 Å². The molecule has 11 nitrogen and oxygen atoms in total. The SMILES string of the molecule is CN(C)CCCNc1nc(Nc2ccc(C(=O)N3CCOCC3)nc2)c2ncn(C3CCCC3)c2n1. The number of imidazole rings is 1. The summed E-state index contributed by atoms with van der Waals surface area (Å²) in [6.45, 7) is 4.07. The summed E-state index contributed by atoms with van der Waals surface area (Å²) in [6.07, 6.45) is 9.30. The fourth-order valence-corrected chi connectivity index (χ4v) is 4.79. The number of hydrogen-bond acceptors (Lipinski definition) is 9. The lowest BCUT2D eigenvalue weighted by Crippen LogP contribution is -2.41. The summed E-state index contributed by atoms with van der Waals surface area (Å²) in [7, 11) is 4.14. The number of carbonyl (C=O) groups is 1. The van der Waals surface area contributed by atoms with Crippen molar-refractivity contribution in [3.8, 4) is 0 Å². The molecule has 0 bridgehead atoms. The van der Waals surface area contributed by atoms with Crippen LogP contribution in [0, 0.1) is 0 Å². The van der Waals surface area contributed by atoms with Gasteiger partial charge in [-0.1, -0.05) is 12.8 Å². The molecule has 0 unspecified atom stereocenters. The number of ether oxygens (including phenoxy) is 1. The van der Waals surface area contributed by atoms with Crippen molar-refractivity contribution in [1.29, 1.82) is 0 Å². The standard InChI is InChI=1S/C25H35N9O2/c1-32(2)11-5-10-26-25-30-22(21-23(31-25)34(17-28-21)19-6-3-4-7-19)29-18-8-9-20(27-16-18)24(35)33-12-14-36-15-13-33/h8-9,16-17,19H,3-7,10-15H2,1-2H3,(H2,26,29,30,31). The van der Waals surface area contributed by atoms with Gasteiger partial charge in [-0.15, -0.1) is 0 Å². The third kappa shape index (κ3) is 5.57. The molecule has 192 valence electrons. The van der Waals surface area contributed by atoms with Crippen LogP contribution in [-0.4, -0.2) is 93.7 Å². The highest BCUT2D eigenvalue weighted by Gasteiger charge is 2.23. The molecule has 2 N–H and O–H groups in total. The molecule has 11 heteroatoms. The van der Waals surface area contributed by atoms with E-state index in [-0.39, 0.29) is 5.91 Å². The Labute approximate surface area is 211 Å². The number of aromatic nitrogens is 5. The lowest BCUT2D eigenvalue weighted by atomic mass is 10.2. The summed E-state index contributed by atoms with van der Waals surface area (Å²) in [6, 6.07) is 4.02. The Kier molecular flexibility index (Phi) is 7.57. The third-order valence-electron chi connectivity index (χ3n) is 6.75. The topological polar surface area (TPSA) is 113 Å². The maximum absolute atomic E-state index is 12.7. The van der Waals surface area contributed by atoms with Gasteiger partial charge in [0.25, 0.3) is 5.91 Å². The summed E-state index contributed by atoms with van der Waals surface area (Å²) >= 11 is 0. The van der Waals surface area contributed by atoms with E-state index in [1.54, 1.807) is 17.2 Å². The zero-order valence-corrected chi connectivity index (χ0v) is 21.1. The molecule has 1 aliphatic heterocycles. The average Bonchev–Trinajstić information content (AvgIpc) is 3.57. The van der Waals surface area contributed by atoms with E-state index in [1.165, 1.54) is 12.8 Å². The highest BCUT2D eigenvalue weighted by Crippen LogP contribution is 2.33. The second kappa shape index (κ2) is 11.2. The van der Waals surface area contributed by atoms with E-state index >= 15 is 0 Å². The summed E-state index contributed by atoms with van der Waals surface area (Å²) in [4.78, 5) is 35.3. The molecular formula is C25H35N9O2. The Morgan fingerprint density at radius 1 is 1.14 bits per heavy atom. The van der Waals surface area contributed by atoms with Crippen LogP contribution in [0.1, 0.15) is 48.6 Å². The molecule has 1 saturated heterocycles. The number of anilines is 3. The minimum atomic E-state index is -0.0752. The van der Waals surface area contributed by atoms with Gasteiger partial charge in [0.2, 0.25) is 5.95 Å². The number of rotatable bonds is 9. The smallest absolute Gasteiger partial charge is 0.272 e. The van der Waals surface area contributed by atoms with Crippen LogP contribution in [0.5, 0.6) is 0 Å². The lowest BCUT2D eigenvalue weighted by molar-refractivity contribution is 0.0299. The molecule has 0 spiro atoms. The van der Waals surface area contributed by atoms with Gasteiger partial charge in [0, 0.05) is 25.7 Å². The molecule has 0 aromatic carbocycles. The Balaban J connectivity index is 1.37. The maximum Gasteiger partial charge on any atom is 0.272 e. The van der Waals surface area contributed by atoms with Crippen LogP contribution in [0.15, 0.2) is 24.7 Å². The molecule has 36 heavy (non-hydrogen) atoms. The van der Waals surface area contributed by atoms with E-state index in [1.807, 2.05) is 12.4 Å². The number of pyridine rings is 1. The monoisotopic (exact) mass is 493 g/mol. The van der Waals surface area contributed by atoms with Crippen molar-refractivity contribution in [3.05, 3.63) is 30.4 Å². The predicted molar refractivity (Wildman–Crippen MR) is 139 cm³/mol. The van der Waals surface area contributed by atoms with Crippen LogP contribution >= 0.6 is 0 Å². The van der Waals surface area contributed by atoms with Crippen LogP contribution in [0.25, 0.3) is 11.2 Å². The van der Waals surface area contributed by atoms with Crippen molar-refractivity contribution in [2.45, 2.75) is 38.1 Å². The molecular weight excluding hydrogens is 458 g/mol. The normalized spacial score (nSPS) is 16.7. The number of morpholine rings is 1. The second-order valence-electron chi connectivity index (χ2n) is 9.70. The van der Waals surface area contributed by atoms with Gasteiger partial charge in [-0.3, -0.25) is 4.79 Å². The van der Waals surface area contributed by atoms with E-state index in [0.717, 1.165) is 49.2 Å². The van der Waals surface area contributed by atoms with Crippen LogP contribution in [0.4, 0.5) is 17.5 Å². The van der Waals surface area contributed by atoms with Crippen molar-refractivity contribution in [2.75, 3.05) is 64.1 Å².